The Morgan fingerprint density at radius 3 is 2.94 bits per heavy atom. The summed E-state index contributed by atoms with van der Waals surface area (Å²) in [6.07, 6.45) is 4.36. The number of hydrazine groups is 1. The molecule has 3 rings (SSSR count). The number of anilines is 1. The molecule has 2 aliphatic rings. The molecule has 96 valence electrons. The van der Waals surface area contributed by atoms with Gasteiger partial charge in [0.2, 0.25) is 5.91 Å². The van der Waals surface area contributed by atoms with Gasteiger partial charge in [0, 0.05) is 19.0 Å². The number of amides is 1. The van der Waals surface area contributed by atoms with E-state index in [1.54, 1.807) is 0 Å². The average molecular weight is 245 g/mol. The highest BCUT2D eigenvalue weighted by Crippen LogP contribution is 2.26. The van der Waals surface area contributed by atoms with E-state index in [9.17, 15) is 4.79 Å². The topological polar surface area (TPSA) is 44.4 Å². The zero-order chi connectivity index (χ0) is 12.4. The maximum absolute atomic E-state index is 11.2. The van der Waals surface area contributed by atoms with E-state index in [0.717, 1.165) is 18.8 Å². The minimum Gasteiger partial charge on any atom is -0.310 e. The van der Waals surface area contributed by atoms with Gasteiger partial charge in [-0.3, -0.25) is 15.2 Å². The zero-order valence-electron chi connectivity index (χ0n) is 10.5. The van der Waals surface area contributed by atoms with E-state index in [0.29, 0.717) is 12.5 Å². The van der Waals surface area contributed by atoms with Crippen LogP contribution >= 0.6 is 0 Å². The summed E-state index contributed by atoms with van der Waals surface area (Å²) in [4.78, 5) is 11.2. The number of carbonyl (C=O) groups is 1. The van der Waals surface area contributed by atoms with Gasteiger partial charge in [-0.2, -0.15) is 0 Å². The van der Waals surface area contributed by atoms with Gasteiger partial charge in [0.25, 0.3) is 0 Å². The number of hydrogen-bond acceptors (Lipinski definition) is 3. The molecule has 0 radical (unpaired) electrons. The Labute approximate surface area is 107 Å². The normalized spacial score (nSPS) is 24.1. The van der Waals surface area contributed by atoms with Crippen LogP contribution in [0.3, 0.4) is 0 Å². The van der Waals surface area contributed by atoms with Crippen molar-refractivity contribution in [2.45, 2.75) is 31.7 Å². The molecule has 0 saturated carbocycles. The SMILES string of the molecule is O=C1CCN(c2cccc(C3CCCCN3)c2)N1. The van der Waals surface area contributed by atoms with Crippen molar-refractivity contribution in [2.75, 3.05) is 18.1 Å². The quantitative estimate of drug-likeness (QED) is 0.834. The molecule has 2 heterocycles. The van der Waals surface area contributed by atoms with Crippen LogP contribution in [0.2, 0.25) is 0 Å². The van der Waals surface area contributed by atoms with E-state index >= 15 is 0 Å². The molecule has 2 aliphatic heterocycles. The molecule has 1 amide bonds. The Kier molecular flexibility index (Phi) is 3.19. The summed E-state index contributed by atoms with van der Waals surface area (Å²) in [5.41, 5.74) is 5.29. The van der Waals surface area contributed by atoms with Crippen LogP contribution in [0.15, 0.2) is 24.3 Å². The minimum absolute atomic E-state index is 0.108. The Balaban J connectivity index is 1.78. The second kappa shape index (κ2) is 4.98. The van der Waals surface area contributed by atoms with Crippen molar-refractivity contribution in [1.29, 1.82) is 0 Å². The molecule has 2 fully saturated rings. The van der Waals surface area contributed by atoms with E-state index in [4.69, 9.17) is 0 Å². The first-order valence-corrected chi connectivity index (χ1v) is 6.73. The van der Waals surface area contributed by atoms with Crippen molar-refractivity contribution in [3.05, 3.63) is 29.8 Å². The highest BCUT2D eigenvalue weighted by atomic mass is 16.2. The molecular formula is C14H19N3O. The van der Waals surface area contributed by atoms with Crippen LogP contribution in [-0.2, 0) is 4.79 Å². The third kappa shape index (κ3) is 2.34. The number of rotatable bonds is 2. The Morgan fingerprint density at radius 1 is 1.28 bits per heavy atom. The number of hydrogen-bond donors (Lipinski definition) is 2. The van der Waals surface area contributed by atoms with Crippen LogP contribution in [-0.4, -0.2) is 19.0 Å². The number of piperidine rings is 1. The maximum atomic E-state index is 11.2. The maximum Gasteiger partial charge on any atom is 0.240 e. The number of benzene rings is 1. The first-order valence-electron chi connectivity index (χ1n) is 6.73. The Bertz CT molecular complexity index is 440. The largest absolute Gasteiger partial charge is 0.310 e. The fraction of sp³-hybridized carbons (Fsp3) is 0.500. The van der Waals surface area contributed by atoms with Crippen molar-refractivity contribution in [3.8, 4) is 0 Å². The smallest absolute Gasteiger partial charge is 0.240 e. The van der Waals surface area contributed by atoms with Gasteiger partial charge < -0.3 is 5.32 Å². The molecule has 1 unspecified atom stereocenters. The molecule has 1 aromatic rings. The van der Waals surface area contributed by atoms with E-state index < -0.39 is 0 Å². The Hall–Kier alpha value is -1.55. The van der Waals surface area contributed by atoms with Crippen LogP contribution in [0.4, 0.5) is 5.69 Å². The average Bonchev–Trinajstić information content (AvgIpc) is 2.87. The van der Waals surface area contributed by atoms with Crippen molar-refractivity contribution < 1.29 is 4.79 Å². The Morgan fingerprint density at radius 2 is 2.22 bits per heavy atom. The predicted molar refractivity (Wildman–Crippen MR) is 71.1 cm³/mol. The van der Waals surface area contributed by atoms with Crippen LogP contribution in [0.1, 0.15) is 37.3 Å². The molecule has 0 spiro atoms. The fourth-order valence-corrected chi connectivity index (χ4v) is 2.72. The van der Waals surface area contributed by atoms with Crippen molar-refractivity contribution in [2.24, 2.45) is 0 Å². The molecule has 4 nitrogen and oxygen atoms in total. The van der Waals surface area contributed by atoms with Crippen LogP contribution < -0.4 is 15.8 Å². The molecular weight excluding hydrogens is 226 g/mol. The van der Waals surface area contributed by atoms with E-state index in [-0.39, 0.29) is 5.91 Å². The second-order valence-electron chi connectivity index (χ2n) is 5.03. The highest BCUT2D eigenvalue weighted by molar-refractivity contribution is 5.81. The van der Waals surface area contributed by atoms with E-state index in [2.05, 4.69) is 35.0 Å². The van der Waals surface area contributed by atoms with Gasteiger partial charge in [0.1, 0.15) is 0 Å². The number of nitrogens with zero attached hydrogens (tertiary/aromatic N) is 1. The van der Waals surface area contributed by atoms with E-state index in [1.165, 1.54) is 24.8 Å². The summed E-state index contributed by atoms with van der Waals surface area (Å²) in [7, 11) is 0. The standard InChI is InChI=1S/C14H19N3O/c18-14-7-9-17(16-14)12-5-3-4-11(10-12)13-6-1-2-8-15-13/h3-5,10,13,15H,1-2,6-9H2,(H,16,18). The van der Waals surface area contributed by atoms with Gasteiger partial charge >= 0.3 is 0 Å². The summed E-state index contributed by atoms with van der Waals surface area (Å²) in [6.45, 7) is 1.87. The molecule has 0 bridgehead atoms. The van der Waals surface area contributed by atoms with Gasteiger partial charge in [-0.05, 0) is 37.1 Å². The summed E-state index contributed by atoms with van der Waals surface area (Å²) < 4.78 is 0. The third-order valence-electron chi connectivity index (χ3n) is 3.72. The molecule has 2 N–H and O–H groups in total. The van der Waals surface area contributed by atoms with Crippen LogP contribution in [0.25, 0.3) is 0 Å². The second-order valence-corrected chi connectivity index (χ2v) is 5.03. The predicted octanol–water partition coefficient (Wildman–Crippen LogP) is 1.74. The summed E-state index contributed by atoms with van der Waals surface area (Å²) >= 11 is 0. The fourth-order valence-electron chi connectivity index (χ4n) is 2.72. The number of carbonyl (C=O) groups excluding carboxylic acids is 1. The van der Waals surface area contributed by atoms with Crippen LogP contribution in [0, 0.1) is 0 Å². The lowest BCUT2D eigenvalue weighted by atomic mass is 9.97. The van der Waals surface area contributed by atoms with Gasteiger partial charge in [0.15, 0.2) is 0 Å². The lowest BCUT2D eigenvalue weighted by Gasteiger charge is -2.25. The first-order chi connectivity index (χ1) is 8.83. The molecule has 18 heavy (non-hydrogen) atoms. The lowest BCUT2D eigenvalue weighted by Crippen LogP contribution is -2.33. The first kappa shape index (κ1) is 11.5. The molecule has 0 aliphatic carbocycles. The van der Waals surface area contributed by atoms with Gasteiger partial charge in [-0.15, -0.1) is 0 Å². The molecule has 2 saturated heterocycles. The summed E-state index contributed by atoms with van der Waals surface area (Å²) in [5.74, 6) is 0.108. The van der Waals surface area contributed by atoms with Gasteiger partial charge in [0.05, 0.1) is 5.69 Å². The highest BCUT2D eigenvalue weighted by Gasteiger charge is 2.20. The zero-order valence-corrected chi connectivity index (χ0v) is 10.5. The summed E-state index contributed by atoms with van der Waals surface area (Å²) in [6, 6.07) is 8.96. The van der Waals surface area contributed by atoms with Gasteiger partial charge in [-0.1, -0.05) is 18.6 Å². The van der Waals surface area contributed by atoms with Gasteiger partial charge in [-0.25, -0.2) is 0 Å². The number of nitrogens with one attached hydrogen (secondary N) is 2. The van der Waals surface area contributed by atoms with E-state index in [1.807, 2.05) is 5.01 Å². The molecule has 1 aromatic carbocycles. The lowest BCUT2D eigenvalue weighted by molar-refractivity contribution is -0.119. The van der Waals surface area contributed by atoms with Crippen molar-refractivity contribution in [1.82, 2.24) is 10.7 Å². The van der Waals surface area contributed by atoms with Crippen molar-refractivity contribution >= 4 is 11.6 Å². The molecule has 4 heteroatoms. The van der Waals surface area contributed by atoms with Crippen LogP contribution in [0.5, 0.6) is 0 Å². The molecule has 1 atom stereocenters. The third-order valence-corrected chi connectivity index (χ3v) is 3.72. The summed E-state index contributed by atoms with van der Waals surface area (Å²) in [5, 5.41) is 5.50. The monoisotopic (exact) mass is 245 g/mol. The minimum atomic E-state index is 0.108. The molecule has 0 aromatic heterocycles. The van der Waals surface area contributed by atoms with Crippen molar-refractivity contribution in [3.63, 3.8) is 0 Å².